The van der Waals surface area contributed by atoms with Crippen molar-refractivity contribution in [2.75, 3.05) is 12.4 Å². The Morgan fingerprint density at radius 2 is 2.12 bits per heavy atom. The number of aromatic nitrogens is 1. The Morgan fingerprint density at radius 3 is 2.56 bits per heavy atom. The highest BCUT2D eigenvalue weighted by Gasteiger charge is 2.18. The quantitative estimate of drug-likeness (QED) is 0.818. The van der Waals surface area contributed by atoms with Crippen LogP contribution in [-0.2, 0) is 0 Å². The van der Waals surface area contributed by atoms with Gasteiger partial charge < -0.3 is 10.6 Å². The molecule has 0 radical (unpaired) electrons. The lowest BCUT2D eigenvalue weighted by Crippen LogP contribution is -2.42. The number of nitrogens with one attached hydrogen (secondary N) is 2. The van der Waals surface area contributed by atoms with Crippen LogP contribution in [0, 0.1) is 0 Å². The molecule has 1 heterocycles. The smallest absolute Gasteiger partial charge is 0.253 e. The van der Waals surface area contributed by atoms with Crippen molar-refractivity contribution in [2.24, 2.45) is 0 Å². The first-order chi connectivity index (χ1) is 7.48. The number of rotatable bonds is 4. The fourth-order valence-electron chi connectivity index (χ4n) is 1.14. The van der Waals surface area contributed by atoms with Gasteiger partial charge in [0.2, 0.25) is 0 Å². The third kappa shape index (κ3) is 3.22. The van der Waals surface area contributed by atoms with Gasteiger partial charge in [0, 0.05) is 18.8 Å². The monoisotopic (exact) mass is 221 g/mol. The number of anilines is 1. The summed E-state index contributed by atoms with van der Waals surface area (Å²) in [5, 5.41) is 5.87. The van der Waals surface area contributed by atoms with Gasteiger partial charge in [-0.05, 0) is 32.4 Å². The standard InChI is InChI=1S/C12H19N3O/c1-5-12(2,3)15-11(16)9-6-7-10(13-4)14-8-9/h6-8H,5H2,1-4H3,(H,13,14)(H,15,16). The highest BCUT2D eigenvalue weighted by molar-refractivity contribution is 5.94. The van der Waals surface area contributed by atoms with E-state index in [0.717, 1.165) is 12.2 Å². The van der Waals surface area contributed by atoms with Crippen LogP contribution < -0.4 is 10.6 Å². The summed E-state index contributed by atoms with van der Waals surface area (Å²) in [4.78, 5) is 15.9. The molecule has 4 heteroatoms. The van der Waals surface area contributed by atoms with Gasteiger partial charge >= 0.3 is 0 Å². The van der Waals surface area contributed by atoms with E-state index >= 15 is 0 Å². The lowest BCUT2D eigenvalue weighted by molar-refractivity contribution is 0.0911. The van der Waals surface area contributed by atoms with Crippen LogP contribution in [-0.4, -0.2) is 23.5 Å². The Kier molecular flexibility index (Phi) is 3.88. The molecule has 88 valence electrons. The molecule has 0 aliphatic carbocycles. The van der Waals surface area contributed by atoms with Gasteiger partial charge in [0.05, 0.1) is 5.56 Å². The van der Waals surface area contributed by atoms with Gasteiger partial charge in [-0.1, -0.05) is 6.92 Å². The van der Waals surface area contributed by atoms with Gasteiger partial charge in [0.1, 0.15) is 5.82 Å². The van der Waals surface area contributed by atoms with Gasteiger partial charge in [-0.15, -0.1) is 0 Å². The lowest BCUT2D eigenvalue weighted by atomic mass is 10.0. The van der Waals surface area contributed by atoms with Crippen LogP contribution in [0.1, 0.15) is 37.6 Å². The van der Waals surface area contributed by atoms with Crippen LogP contribution in [0.15, 0.2) is 18.3 Å². The zero-order valence-corrected chi connectivity index (χ0v) is 10.3. The minimum Gasteiger partial charge on any atom is -0.373 e. The second kappa shape index (κ2) is 4.96. The fourth-order valence-corrected chi connectivity index (χ4v) is 1.14. The van der Waals surface area contributed by atoms with Gasteiger partial charge in [-0.25, -0.2) is 4.98 Å². The van der Waals surface area contributed by atoms with E-state index in [1.54, 1.807) is 25.4 Å². The van der Waals surface area contributed by atoms with E-state index in [9.17, 15) is 4.79 Å². The third-order valence-electron chi connectivity index (χ3n) is 2.62. The Balaban J connectivity index is 2.73. The summed E-state index contributed by atoms with van der Waals surface area (Å²) in [7, 11) is 1.79. The van der Waals surface area contributed by atoms with Gasteiger partial charge in [0.15, 0.2) is 0 Å². The molecule has 0 unspecified atom stereocenters. The molecule has 0 aliphatic heterocycles. The fraction of sp³-hybridized carbons (Fsp3) is 0.500. The van der Waals surface area contributed by atoms with Crippen molar-refractivity contribution >= 4 is 11.7 Å². The van der Waals surface area contributed by atoms with E-state index in [4.69, 9.17) is 0 Å². The minimum absolute atomic E-state index is 0.0815. The molecule has 1 amide bonds. The van der Waals surface area contributed by atoms with E-state index < -0.39 is 0 Å². The summed E-state index contributed by atoms with van der Waals surface area (Å²) in [5.74, 6) is 0.674. The van der Waals surface area contributed by atoms with E-state index in [0.29, 0.717) is 5.56 Å². The maximum atomic E-state index is 11.8. The number of hydrogen-bond donors (Lipinski definition) is 2. The maximum Gasteiger partial charge on any atom is 0.253 e. The van der Waals surface area contributed by atoms with Crippen LogP contribution in [0.4, 0.5) is 5.82 Å². The van der Waals surface area contributed by atoms with Crippen LogP contribution in [0.2, 0.25) is 0 Å². The Hall–Kier alpha value is -1.58. The van der Waals surface area contributed by atoms with Gasteiger partial charge in [-0.2, -0.15) is 0 Å². The van der Waals surface area contributed by atoms with Crippen molar-refractivity contribution in [3.8, 4) is 0 Å². The predicted molar refractivity (Wildman–Crippen MR) is 65.6 cm³/mol. The number of hydrogen-bond acceptors (Lipinski definition) is 3. The average molecular weight is 221 g/mol. The van der Waals surface area contributed by atoms with Crippen molar-refractivity contribution < 1.29 is 4.79 Å². The summed E-state index contributed by atoms with van der Waals surface area (Å²) < 4.78 is 0. The molecule has 1 aromatic rings. The number of pyridine rings is 1. The van der Waals surface area contributed by atoms with E-state index in [1.807, 2.05) is 20.8 Å². The molecule has 1 aromatic heterocycles. The highest BCUT2D eigenvalue weighted by Crippen LogP contribution is 2.10. The summed E-state index contributed by atoms with van der Waals surface area (Å²) in [6.07, 6.45) is 2.47. The van der Waals surface area contributed by atoms with Gasteiger partial charge in [0.25, 0.3) is 5.91 Å². The largest absolute Gasteiger partial charge is 0.373 e. The zero-order valence-electron chi connectivity index (χ0n) is 10.3. The predicted octanol–water partition coefficient (Wildman–Crippen LogP) is 2.04. The normalized spacial score (nSPS) is 11.0. The molecule has 0 aromatic carbocycles. The van der Waals surface area contributed by atoms with Crippen molar-refractivity contribution in [1.82, 2.24) is 10.3 Å². The SMILES string of the molecule is CCC(C)(C)NC(=O)c1ccc(NC)nc1. The second-order valence-corrected chi connectivity index (χ2v) is 4.37. The molecule has 0 saturated carbocycles. The Labute approximate surface area is 96.5 Å². The zero-order chi connectivity index (χ0) is 12.2. The number of amides is 1. The summed E-state index contributed by atoms with van der Waals surface area (Å²) in [5.41, 5.74) is 0.402. The van der Waals surface area contributed by atoms with E-state index in [1.165, 1.54) is 0 Å². The maximum absolute atomic E-state index is 11.8. The molecule has 0 bridgehead atoms. The molecule has 16 heavy (non-hydrogen) atoms. The number of nitrogens with zero attached hydrogens (tertiary/aromatic N) is 1. The van der Waals surface area contributed by atoms with Crippen molar-refractivity contribution in [1.29, 1.82) is 0 Å². The molecule has 1 rings (SSSR count). The van der Waals surface area contributed by atoms with Crippen molar-refractivity contribution in [3.63, 3.8) is 0 Å². The summed E-state index contributed by atoms with van der Waals surface area (Å²) >= 11 is 0. The Bertz CT molecular complexity index is 357. The Morgan fingerprint density at radius 1 is 1.44 bits per heavy atom. The third-order valence-corrected chi connectivity index (χ3v) is 2.62. The van der Waals surface area contributed by atoms with Crippen LogP contribution >= 0.6 is 0 Å². The topological polar surface area (TPSA) is 54.0 Å². The van der Waals surface area contributed by atoms with Crippen molar-refractivity contribution in [3.05, 3.63) is 23.9 Å². The van der Waals surface area contributed by atoms with Crippen LogP contribution in [0.3, 0.4) is 0 Å². The molecule has 0 spiro atoms. The average Bonchev–Trinajstić information content (AvgIpc) is 2.28. The second-order valence-electron chi connectivity index (χ2n) is 4.37. The molecular weight excluding hydrogens is 202 g/mol. The van der Waals surface area contributed by atoms with Crippen LogP contribution in [0.25, 0.3) is 0 Å². The first kappa shape index (κ1) is 12.5. The first-order valence-electron chi connectivity index (χ1n) is 5.45. The van der Waals surface area contributed by atoms with Gasteiger partial charge in [-0.3, -0.25) is 4.79 Å². The molecule has 0 atom stereocenters. The summed E-state index contributed by atoms with van der Waals surface area (Å²) in [6.45, 7) is 6.04. The highest BCUT2D eigenvalue weighted by atomic mass is 16.1. The van der Waals surface area contributed by atoms with Crippen LogP contribution in [0.5, 0.6) is 0 Å². The molecule has 0 aliphatic rings. The molecule has 2 N–H and O–H groups in total. The summed E-state index contributed by atoms with van der Waals surface area (Å²) in [6, 6.07) is 3.55. The molecular formula is C12H19N3O. The van der Waals surface area contributed by atoms with E-state index in [-0.39, 0.29) is 11.4 Å². The first-order valence-corrected chi connectivity index (χ1v) is 5.45. The minimum atomic E-state index is -0.182. The van der Waals surface area contributed by atoms with E-state index in [2.05, 4.69) is 15.6 Å². The lowest BCUT2D eigenvalue weighted by Gasteiger charge is -2.24. The molecule has 4 nitrogen and oxygen atoms in total. The number of carbonyl (C=O) groups is 1. The van der Waals surface area contributed by atoms with Crippen molar-refractivity contribution in [2.45, 2.75) is 32.7 Å². The number of carbonyl (C=O) groups excluding carboxylic acids is 1. The molecule has 0 saturated heterocycles. The molecule has 0 fully saturated rings.